The highest BCUT2D eigenvalue weighted by molar-refractivity contribution is 8.08. The van der Waals surface area contributed by atoms with Gasteiger partial charge in [0.05, 0.1) is 0 Å². The Kier molecular flexibility index (Phi) is 5.28. The molecule has 0 bridgehead atoms. The van der Waals surface area contributed by atoms with Crippen molar-refractivity contribution in [2.75, 3.05) is 14.1 Å². The molecule has 0 amide bonds. The quantitative estimate of drug-likeness (QED) is 0.743. The average Bonchev–Trinajstić information content (AvgIpc) is 2.14. The van der Waals surface area contributed by atoms with E-state index in [-0.39, 0.29) is 5.41 Å². The first-order valence-electron chi connectivity index (χ1n) is 5.61. The molecule has 0 N–H and O–H groups in total. The molecule has 0 radical (unpaired) electrons. The third-order valence-electron chi connectivity index (χ3n) is 2.61. The fourth-order valence-electron chi connectivity index (χ4n) is 1.68. The van der Waals surface area contributed by atoms with Crippen molar-refractivity contribution >= 4 is 34.4 Å². The SMILES string of the molecule is CN(C)Cc1cc(C(C)(C)C)ccc1P(Cl)Cl. The molecule has 1 rings (SSSR count). The zero-order valence-corrected chi connectivity index (χ0v) is 13.5. The summed E-state index contributed by atoms with van der Waals surface area (Å²) in [6.07, 6.45) is 0. The second-order valence-corrected chi connectivity index (χ2v) is 9.06. The van der Waals surface area contributed by atoms with Crippen LogP contribution in [-0.2, 0) is 12.0 Å². The standard InChI is InChI=1S/C13H20Cl2NP/c1-13(2,3)11-6-7-12(17(14)15)10(8-11)9-16(4)5/h6-8H,9H2,1-5H3. The molecule has 1 aromatic carbocycles. The van der Waals surface area contributed by atoms with Gasteiger partial charge in [-0.2, -0.15) is 0 Å². The Bertz CT molecular complexity index is 383. The van der Waals surface area contributed by atoms with Gasteiger partial charge in [0.15, 0.2) is 0 Å². The van der Waals surface area contributed by atoms with Gasteiger partial charge in [-0.1, -0.05) is 61.5 Å². The molecule has 17 heavy (non-hydrogen) atoms. The minimum atomic E-state index is -1.08. The monoisotopic (exact) mass is 291 g/mol. The molecule has 0 aromatic heterocycles. The summed E-state index contributed by atoms with van der Waals surface area (Å²) in [4.78, 5) is 2.14. The van der Waals surface area contributed by atoms with Gasteiger partial charge < -0.3 is 4.90 Å². The summed E-state index contributed by atoms with van der Waals surface area (Å²) in [6, 6.07) is 6.44. The molecule has 96 valence electrons. The molecule has 0 spiro atoms. The van der Waals surface area contributed by atoms with Gasteiger partial charge in [-0.05, 0) is 30.6 Å². The van der Waals surface area contributed by atoms with Crippen LogP contribution in [0, 0.1) is 0 Å². The molecule has 0 unspecified atom stereocenters. The van der Waals surface area contributed by atoms with Crippen LogP contribution in [0.2, 0.25) is 0 Å². The maximum absolute atomic E-state index is 6.07. The normalized spacial score (nSPS) is 12.5. The summed E-state index contributed by atoms with van der Waals surface area (Å²) in [7, 11) is 4.11. The smallest absolute Gasteiger partial charge is 0.117 e. The summed E-state index contributed by atoms with van der Waals surface area (Å²) < 4.78 is 0. The van der Waals surface area contributed by atoms with Crippen molar-refractivity contribution in [3.05, 3.63) is 29.3 Å². The molecule has 1 aromatic rings. The van der Waals surface area contributed by atoms with Gasteiger partial charge in [0.1, 0.15) is 6.63 Å². The van der Waals surface area contributed by atoms with Crippen LogP contribution in [0.5, 0.6) is 0 Å². The first-order chi connectivity index (χ1) is 7.71. The van der Waals surface area contributed by atoms with Crippen molar-refractivity contribution in [3.8, 4) is 0 Å². The van der Waals surface area contributed by atoms with Crippen molar-refractivity contribution in [1.82, 2.24) is 4.90 Å². The fraction of sp³-hybridized carbons (Fsp3) is 0.538. The van der Waals surface area contributed by atoms with E-state index < -0.39 is 6.63 Å². The zero-order valence-electron chi connectivity index (χ0n) is 11.1. The topological polar surface area (TPSA) is 3.24 Å². The van der Waals surface area contributed by atoms with Gasteiger partial charge >= 0.3 is 0 Å². The minimum absolute atomic E-state index is 0.154. The fourth-order valence-corrected chi connectivity index (χ4v) is 3.21. The van der Waals surface area contributed by atoms with E-state index in [2.05, 4.69) is 58.0 Å². The number of benzene rings is 1. The van der Waals surface area contributed by atoms with Crippen molar-refractivity contribution in [1.29, 1.82) is 0 Å². The molecule has 1 nitrogen and oxygen atoms in total. The first kappa shape index (κ1) is 15.2. The van der Waals surface area contributed by atoms with Gasteiger partial charge in [0.25, 0.3) is 0 Å². The third-order valence-corrected chi connectivity index (χ3v) is 4.51. The van der Waals surface area contributed by atoms with E-state index in [1.54, 1.807) is 0 Å². The van der Waals surface area contributed by atoms with Crippen LogP contribution in [0.25, 0.3) is 0 Å². The molecule has 0 aliphatic carbocycles. The zero-order chi connectivity index (χ0) is 13.2. The second kappa shape index (κ2) is 5.89. The summed E-state index contributed by atoms with van der Waals surface area (Å²) in [5.74, 6) is 0. The molecule has 0 atom stereocenters. The Morgan fingerprint density at radius 1 is 1.18 bits per heavy atom. The molecular weight excluding hydrogens is 272 g/mol. The van der Waals surface area contributed by atoms with Crippen LogP contribution in [0.15, 0.2) is 18.2 Å². The molecule has 0 saturated carbocycles. The van der Waals surface area contributed by atoms with Crippen LogP contribution in [-0.4, -0.2) is 19.0 Å². The second-order valence-electron chi connectivity index (χ2n) is 5.56. The highest BCUT2D eigenvalue weighted by Crippen LogP contribution is 2.46. The van der Waals surface area contributed by atoms with E-state index in [1.165, 1.54) is 11.1 Å². The van der Waals surface area contributed by atoms with Gasteiger partial charge in [-0.15, -0.1) is 0 Å². The van der Waals surface area contributed by atoms with Crippen LogP contribution in [0.1, 0.15) is 31.9 Å². The van der Waals surface area contributed by atoms with Crippen molar-refractivity contribution in [2.45, 2.75) is 32.7 Å². The lowest BCUT2D eigenvalue weighted by Gasteiger charge is -2.22. The van der Waals surface area contributed by atoms with E-state index in [0.717, 1.165) is 11.8 Å². The molecule has 4 heteroatoms. The Hall–Kier alpha value is 0.190. The van der Waals surface area contributed by atoms with Crippen LogP contribution >= 0.6 is 29.1 Å². The first-order valence-corrected chi connectivity index (χ1v) is 8.77. The molecule has 0 aliphatic rings. The highest BCUT2D eigenvalue weighted by atomic mass is 35.9. The van der Waals surface area contributed by atoms with Crippen LogP contribution in [0.4, 0.5) is 0 Å². The Morgan fingerprint density at radius 3 is 2.18 bits per heavy atom. The van der Waals surface area contributed by atoms with E-state index in [1.807, 2.05) is 0 Å². The number of nitrogens with zero attached hydrogens (tertiary/aromatic N) is 1. The van der Waals surface area contributed by atoms with E-state index >= 15 is 0 Å². The number of rotatable bonds is 3. The lowest BCUT2D eigenvalue weighted by atomic mass is 9.86. The maximum Gasteiger partial charge on any atom is 0.117 e. The Labute approximate surface area is 115 Å². The summed E-state index contributed by atoms with van der Waals surface area (Å²) in [6.45, 7) is 6.44. The molecule has 0 saturated heterocycles. The van der Waals surface area contributed by atoms with Gasteiger partial charge in [-0.25, -0.2) is 0 Å². The molecule has 0 heterocycles. The summed E-state index contributed by atoms with van der Waals surface area (Å²) >= 11 is 12.1. The lowest BCUT2D eigenvalue weighted by Crippen LogP contribution is -2.19. The minimum Gasteiger partial charge on any atom is -0.305 e. The molecule has 0 fully saturated rings. The van der Waals surface area contributed by atoms with Crippen molar-refractivity contribution in [2.24, 2.45) is 0 Å². The van der Waals surface area contributed by atoms with E-state index in [9.17, 15) is 0 Å². The van der Waals surface area contributed by atoms with E-state index in [4.69, 9.17) is 22.5 Å². The predicted octanol–water partition coefficient (Wildman–Crippen LogP) is 4.46. The van der Waals surface area contributed by atoms with E-state index in [0.29, 0.717) is 0 Å². The van der Waals surface area contributed by atoms with Gasteiger partial charge in [0.2, 0.25) is 0 Å². The Balaban J connectivity index is 3.19. The average molecular weight is 292 g/mol. The summed E-state index contributed by atoms with van der Waals surface area (Å²) in [5.41, 5.74) is 2.71. The molecule has 0 aliphatic heterocycles. The summed E-state index contributed by atoms with van der Waals surface area (Å²) in [5, 5.41) is 1.07. The maximum atomic E-state index is 6.07. The van der Waals surface area contributed by atoms with Gasteiger partial charge in [-0.3, -0.25) is 0 Å². The third kappa shape index (κ3) is 4.41. The molecular formula is C13H20Cl2NP. The largest absolute Gasteiger partial charge is 0.305 e. The van der Waals surface area contributed by atoms with Crippen molar-refractivity contribution < 1.29 is 0 Å². The number of hydrogen-bond donors (Lipinski definition) is 0. The highest BCUT2D eigenvalue weighted by Gasteiger charge is 2.18. The number of halogens is 2. The van der Waals surface area contributed by atoms with Crippen molar-refractivity contribution in [3.63, 3.8) is 0 Å². The Morgan fingerprint density at radius 2 is 1.76 bits per heavy atom. The van der Waals surface area contributed by atoms with Crippen LogP contribution < -0.4 is 5.30 Å². The van der Waals surface area contributed by atoms with Gasteiger partial charge in [0, 0.05) is 11.8 Å². The van der Waals surface area contributed by atoms with Crippen LogP contribution in [0.3, 0.4) is 0 Å². The number of hydrogen-bond acceptors (Lipinski definition) is 1. The predicted molar refractivity (Wildman–Crippen MR) is 80.8 cm³/mol. The lowest BCUT2D eigenvalue weighted by molar-refractivity contribution is 0.403.